The van der Waals surface area contributed by atoms with E-state index in [1.807, 2.05) is 0 Å². The molecule has 4 bridgehead atoms. The molecule has 0 saturated heterocycles. The molecule has 0 atom stereocenters. The van der Waals surface area contributed by atoms with Crippen LogP contribution in [0.1, 0.15) is 30.5 Å². The van der Waals surface area contributed by atoms with Crippen LogP contribution in [0.3, 0.4) is 0 Å². The van der Waals surface area contributed by atoms with Crippen LogP contribution >= 0.6 is 0 Å². The normalized spacial score (nSPS) is 15.2. The van der Waals surface area contributed by atoms with Gasteiger partial charge in [-0.05, 0) is 0 Å². The Hall–Kier alpha value is -1.35. The Morgan fingerprint density at radius 1 is 0.731 bits per heavy atom. The number of ether oxygens (including phenoxy) is 1. The maximum absolute atomic E-state index is 5.96. The number of hydrogen-bond donors (Lipinski definition) is 0. The van der Waals surface area contributed by atoms with E-state index in [4.69, 9.17) is 4.74 Å². The summed E-state index contributed by atoms with van der Waals surface area (Å²) >= 11 is 4.76. The van der Waals surface area contributed by atoms with Crippen molar-refractivity contribution in [3.63, 3.8) is 0 Å². The first-order valence-corrected chi connectivity index (χ1v) is 9.41. The summed E-state index contributed by atoms with van der Waals surface area (Å²) in [5.74, 6) is 2.19. The molecule has 120 valence electrons. The predicted octanol–water partition coefficient (Wildman–Crippen LogP) is 4.92. The fourth-order valence-corrected chi connectivity index (χ4v) is 5.07. The molecule has 4 heterocycles. The Morgan fingerprint density at radius 3 is 1.62 bits per heavy atom. The van der Waals surface area contributed by atoms with Crippen molar-refractivity contribution in [1.29, 1.82) is 0 Å². The first-order valence-electron chi connectivity index (χ1n) is 9.41. The number of benzene rings is 3. The fraction of sp³-hybridized carbons (Fsp3) is 0.217. The van der Waals surface area contributed by atoms with Crippen LogP contribution in [0.4, 0.5) is 0 Å². The second-order valence-electron chi connectivity index (χ2n) is 8.10. The van der Waals surface area contributed by atoms with Gasteiger partial charge in [0.25, 0.3) is 0 Å². The van der Waals surface area contributed by atoms with Crippen molar-refractivity contribution in [2.45, 2.75) is 22.0 Å². The van der Waals surface area contributed by atoms with Crippen molar-refractivity contribution in [1.82, 2.24) is 0 Å². The topological polar surface area (TPSA) is 9.23 Å². The first kappa shape index (κ1) is 18.0. The molecular formula is C23H20Li2O. The molecule has 4 aliphatic heterocycles. The van der Waals surface area contributed by atoms with E-state index in [1.165, 1.54) is 16.7 Å². The molecule has 0 aliphatic carbocycles. The molecule has 7 rings (SSSR count). The summed E-state index contributed by atoms with van der Waals surface area (Å²) < 4.78 is 5.87. The third kappa shape index (κ3) is 2.62. The summed E-state index contributed by atoms with van der Waals surface area (Å²) in [7, 11) is 0. The minimum atomic E-state index is -0.150. The van der Waals surface area contributed by atoms with E-state index >= 15 is 0 Å². The van der Waals surface area contributed by atoms with Crippen LogP contribution in [0, 0.1) is 5.92 Å². The minimum absolute atomic E-state index is 0.0918. The molecule has 0 radical (unpaired) electrons. The van der Waals surface area contributed by atoms with Crippen molar-refractivity contribution >= 4 is 35.4 Å². The van der Waals surface area contributed by atoms with Crippen LogP contribution < -0.4 is 4.74 Å². The zero-order chi connectivity index (χ0) is 18.4. The zero-order valence-corrected chi connectivity index (χ0v) is 16.0. The van der Waals surface area contributed by atoms with Crippen LogP contribution in [0.25, 0.3) is 0 Å². The summed E-state index contributed by atoms with van der Waals surface area (Å²) in [6.07, 6.45) is 0. The van der Waals surface area contributed by atoms with Crippen molar-refractivity contribution in [2.24, 2.45) is 5.92 Å². The van der Waals surface area contributed by atoms with Crippen LogP contribution in [0.15, 0.2) is 78.9 Å². The number of hydrogen-bond acceptors (Lipinski definition) is 1. The van der Waals surface area contributed by atoms with Gasteiger partial charge in [0.2, 0.25) is 0 Å². The predicted molar refractivity (Wildman–Crippen MR) is 108 cm³/mol. The van der Waals surface area contributed by atoms with E-state index in [0.717, 1.165) is 11.5 Å². The molecule has 0 N–H and O–H groups in total. The molecule has 3 heteroatoms. The van der Waals surface area contributed by atoms with Gasteiger partial charge in [-0.2, -0.15) is 0 Å². The molecule has 0 unspecified atom stereocenters. The van der Waals surface area contributed by atoms with E-state index in [0.29, 0.717) is 5.92 Å². The summed E-state index contributed by atoms with van der Waals surface area (Å²) in [6.45, 7) is 4.68. The van der Waals surface area contributed by atoms with E-state index < -0.39 is 0 Å². The Balaban J connectivity index is 2.08. The van der Waals surface area contributed by atoms with Gasteiger partial charge in [-0.1, -0.05) is 0 Å². The van der Waals surface area contributed by atoms with Crippen molar-refractivity contribution < 1.29 is 4.74 Å². The Morgan fingerprint density at radius 2 is 1.19 bits per heavy atom. The van der Waals surface area contributed by atoms with Gasteiger partial charge in [0.1, 0.15) is 0 Å². The van der Waals surface area contributed by atoms with Gasteiger partial charge in [0, 0.05) is 0 Å². The molecule has 0 aromatic heterocycles. The second kappa shape index (κ2) is 6.67. The standard InChI is InChI=1S/C23H20O.2Li/c1-17(2)23(16-18-6-4-3-5-7-18)19-8-12-21(13-9-19)24-22-14-10-20(23)11-15-22;;/h3-15,17H,1-2H3;;. The molecule has 3 aromatic rings. The fourth-order valence-electron chi connectivity index (χ4n) is 5.07. The molecule has 4 aliphatic rings. The summed E-state index contributed by atoms with van der Waals surface area (Å²) in [4.78, 5) is 0. The molecule has 26 heavy (non-hydrogen) atoms. The third-order valence-corrected chi connectivity index (χ3v) is 6.20. The van der Waals surface area contributed by atoms with Crippen molar-refractivity contribution in [3.8, 4) is 11.5 Å². The van der Waals surface area contributed by atoms with Crippen molar-refractivity contribution in [3.05, 3.63) is 95.6 Å². The van der Waals surface area contributed by atoms with E-state index in [1.54, 1.807) is 0 Å². The third-order valence-electron chi connectivity index (χ3n) is 6.20. The molecule has 1 nitrogen and oxygen atoms in total. The van der Waals surface area contributed by atoms with Crippen LogP contribution in [-0.2, 0) is 8.18 Å². The summed E-state index contributed by atoms with van der Waals surface area (Å²) in [5.41, 5.74) is 3.88. The van der Waals surface area contributed by atoms with Crippen molar-refractivity contribution in [2.75, 3.05) is 0 Å². The average molecular weight is 326 g/mol. The van der Waals surface area contributed by atoms with Gasteiger partial charge in [-0.3, -0.25) is 0 Å². The Labute approximate surface area is 174 Å². The SMILES string of the molecule is [Li][C]([Li])(c1ccccc1)C1(C(C)C)c2ccc(cc2)Oc2ccc1cc2. The zero-order valence-electron chi connectivity index (χ0n) is 16.0. The summed E-state index contributed by atoms with van der Waals surface area (Å²) in [5, 5.41) is 0. The van der Waals surface area contributed by atoms with Gasteiger partial charge >= 0.3 is 175 Å². The van der Waals surface area contributed by atoms with Crippen LogP contribution in [-0.4, -0.2) is 35.4 Å². The molecule has 3 aromatic carbocycles. The quantitative estimate of drug-likeness (QED) is 0.621. The Kier molecular flexibility index (Phi) is 4.63. The number of rotatable bonds is 3. The van der Waals surface area contributed by atoms with Gasteiger partial charge in [-0.25, -0.2) is 0 Å². The molecule has 0 amide bonds. The second-order valence-corrected chi connectivity index (χ2v) is 8.10. The van der Waals surface area contributed by atoms with Gasteiger partial charge in [-0.15, -0.1) is 0 Å². The molecule has 0 fully saturated rings. The first-order chi connectivity index (χ1) is 12.5. The maximum atomic E-state index is 5.96. The monoisotopic (exact) mass is 326 g/mol. The average Bonchev–Trinajstić information content (AvgIpc) is 2.66. The van der Waals surface area contributed by atoms with Gasteiger partial charge in [0.15, 0.2) is 0 Å². The van der Waals surface area contributed by atoms with Gasteiger partial charge < -0.3 is 0 Å². The Bertz CT molecular complexity index is 852. The van der Waals surface area contributed by atoms with Crippen LogP contribution in [0.2, 0.25) is 0 Å². The summed E-state index contributed by atoms with van der Waals surface area (Å²) in [6, 6.07) is 28.3. The van der Waals surface area contributed by atoms with E-state index in [9.17, 15) is 0 Å². The van der Waals surface area contributed by atoms with Gasteiger partial charge in [0.05, 0.1) is 0 Å². The van der Waals surface area contributed by atoms with E-state index in [2.05, 4.69) is 128 Å². The van der Waals surface area contributed by atoms with E-state index in [-0.39, 0.29) is 8.18 Å². The molecule has 0 spiro atoms. The molecular weight excluding hydrogens is 306 g/mol. The van der Waals surface area contributed by atoms with Crippen LogP contribution in [0.5, 0.6) is 11.5 Å². The molecule has 0 saturated carbocycles.